The Morgan fingerprint density at radius 1 is 0.906 bits per heavy atom. The third-order valence-corrected chi connectivity index (χ3v) is 7.00. The summed E-state index contributed by atoms with van der Waals surface area (Å²) in [5.74, 6) is -0.722. The predicted molar refractivity (Wildman–Crippen MR) is 127 cm³/mol. The molecular weight excluding hydrogens is 462 g/mol. The van der Waals surface area contributed by atoms with Crippen molar-refractivity contribution in [1.82, 2.24) is 0 Å². The molecule has 0 aromatic heterocycles. The minimum atomic E-state index is -1.42. The third-order valence-electron chi connectivity index (χ3n) is 6.47. The van der Waals surface area contributed by atoms with E-state index in [2.05, 4.69) is 28.1 Å². The fourth-order valence-corrected chi connectivity index (χ4v) is 5.32. The van der Waals surface area contributed by atoms with Crippen molar-refractivity contribution in [1.29, 1.82) is 10.5 Å². The molecule has 0 spiro atoms. The van der Waals surface area contributed by atoms with Gasteiger partial charge in [-0.1, -0.05) is 88.7 Å². The van der Waals surface area contributed by atoms with Gasteiger partial charge < -0.3 is 4.90 Å². The van der Waals surface area contributed by atoms with Crippen LogP contribution in [-0.4, -0.2) is 17.9 Å². The second-order valence-electron chi connectivity index (χ2n) is 8.07. The normalized spacial score (nSPS) is 22.3. The lowest BCUT2D eigenvalue weighted by molar-refractivity contribution is 0.0951. The van der Waals surface area contributed by atoms with Crippen LogP contribution in [0.1, 0.15) is 27.4 Å². The molecule has 1 fully saturated rings. The van der Waals surface area contributed by atoms with Crippen LogP contribution in [0.15, 0.2) is 89.4 Å². The van der Waals surface area contributed by atoms with E-state index in [1.807, 2.05) is 83.8 Å². The summed E-state index contributed by atoms with van der Waals surface area (Å²) in [5, 5.41) is 20.8. The summed E-state index contributed by atoms with van der Waals surface area (Å²) in [4.78, 5) is 16.0. The van der Waals surface area contributed by atoms with Gasteiger partial charge in [-0.15, -0.1) is 0 Å². The molecule has 0 amide bonds. The zero-order chi connectivity index (χ0) is 22.3. The highest BCUT2D eigenvalue weighted by atomic mass is 79.9. The molecule has 0 saturated carbocycles. The summed E-state index contributed by atoms with van der Waals surface area (Å²) >= 11 is 3.46. The maximum Gasteiger partial charge on any atom is 0.185 e. The number of anilines is 1. The van der Waals surface area contributed by atoms with Crippen molar-refractivity contribution in [3.05, 3.63) is 106 Å². The summed E-state index contributed by atoms with van der Waals surface area (Å²) in [7, 11) is 0. The zero-order valence-electron chi connectivity index (χ0n) is 17.0. The smallest absolute Gasteiger partial charge is 0.185 e. The fraction of sp³-hybridized carbons (Fsp3) is 0.148. The summed E-state index contributed by atoms with van der Waals surface area (Å²) in [5.41, 5.74) is 1.77. The maximum atomic E-state index is 14.0. The van der Waals surface area contributed by atoms with Gasteiger partial charge in [-0.05, 0) is 29.3 Å². The highest BCUT2D eigenvalue weighted by Gasteiger charge is 2.63. The highest BCUT2D eigenvalue weighted by molar-refractivity contribution is 9.10. The Hall–Kier alpha value is -3.67. The molecule has 5 heteroatoms. The molecule has 2 aliphatic rings. The van der Waals surface area contributed by atoms with Gasteiger partial charge in [-0.25, -0.2) is 0 Å². The lowest BCUT2D eigenvalue weighted by atomic mass is 9.69. The molecule has 154 valence electrons. The first-order valence-electron chi connectivity index (χ1n) is 10.3. The van der Waals surface area contributed by atoms with Gasteiger partial charge in [0.05, 0.1) is 18.2 Å². The molecule has 3 aromatic rings. The molecule has 4 nitrogen and oxygen atoms in total. The summed E-state index contributed by atoms with van der Waals surface area (Å²) in [6.07, 6.45) is 3.85. The molecule has 0 N–H and O–H groups in total. The van der Waals surface area contributed by atoms with Crippen LogP contribution in [0.4, 0.5) is 5.69 Å². The van der Waals surface area contributed by atoms with Crippen LogP contribution in [0.5, 0.6) is 0 Å². The molecule has 32 heavy (non-hydrogen) atoms. The van der Waals surface area contributed by atoms with E-state index in [-0.39, 0.29) is 5.78 Å². The van der Waals surface area contributed by atoms with E-state index in [1.165, 1.54) is 0 Å². The van der Waals surface area contributed by atoms with Gasteiger partial charge in [-0.2, -0.15) is 10.5 Å². The zero-order valence-corrected chi connectivity index (χ0v) is 18.6. The Morgan fingerprint density at radius 3 is 2.25 bits per heavy atom. The van der Waals surface area contributed by atoms with Gasteiger partial charge in [0.25, 0.3) is 0 Å². The quantitative estimate of drug-likeness (QED) is 0.449. The molecule has 2 heterocycles. The van der Waals surface area contributed by atoms with Gasteiger partial charge >= 0.3 is 0 Å². The monoisotopic (exact) mass is 479 g/mol. The molecule has 5 rings (SSSR count). The van der Waals surface area contributed by atoms with Crippen LogP contribution in [0.25, 0.3) is 6.08 Å². The first-order chi connectivity index (χ1) is 15.6. The number of ketones is 1. The predicted octanol–water partition coefficient (Wildman–Crippen LogP) is 5.73. The van der Waals surface area contributed by atoms with Crippen LogP contribution in [-0.2, 0) is 0 Å². The van der Waals surface area contributed by atoms with Crippen molar-refractivity contribution in [2.75, 3.05) is 4.90 Å². The van der Waals surface area contributed by atoms with Gasteiger partial charge in [0.1, 0.15) is 6.04 Å². The second-order valence-corrected chi connectivity index (χ2v) is 8.98. The fourth-order valence-electron chi connectivity index (χ4n) is 5.05. The maximum absolute atomic E-state index is 14.0. The standard InChI is InChI=1S/C27H18BrN3O/c28-21-13-10-19(11-14-21)24-25(26(32)20-7-2-1-3-8-20)31-22-9-5-4-6-18(22)12-15-23(31)27(24,16-29)17-30/h1-15,23-25H/t23-,24+,25-/m0/s1. The average Bonchev–Trinajstić information content (AvgIpc) is 3.15. The van der Waals surface area contributed by atoms with Crippen LogP contribution < -0.4 is 4.90 Å². The highest BCUT2D eigenvalue weighted by Crippen LogP contribution is 2.55. The topological polar surface area (TPSA) is 67.9 Å². The molecule has 3 aromatic carbocycles. The van der Waals surface area contributed by atoms with Crippen molar-refractivity contribution in [3.63, 3.8) is 0 Å². The van der Waals surface area contributed by atoms with Gasteiger partial charge in [0.15, 0.2) is 11.2 Å². The third kappa shape index (κ3) is 2.90. The first kappa shape index (κ1) is 20.2. The van der Waals surface area contributed by atoms with Crippen LogP contribution in [0.2, 0.25) is 0 Å². The van der Waals surface area contributed by atoms with E-state index in [0.29, 0.717) is 5.56 Å². The first-order valence-corrected chi connectivity index (χ1v) is 11.1. The summed E-state index contributed by atoms with van der Waals surface area (Å²) < 4.78 is 0.896. The van der Waals surface area contributed by atoms with Crippen molar-refractivity contribution in [3.8, 4) is 12.1 Å². The average molecular weight is 480 g/mol. The molecular formula is C27H18BrN3O. The Labute approximate surface area is 195 Å². The number of halogens is 1. The number of para-hydroxylation sites is 1. The summed E-state index contributed by atoms with van der Waals surface area (Å²) in [6.45, 7) is 0. The Bertz CT molecular complexity index is 1290. The van der Waals surface area contributed by atoms with E-state index in [1.54, 1.807) is 12.1 Å². The van der Waals surface area contributed by atoms with E-state index in [9.17, 15) is 15.3 Å². The Balaban J connectivity index is 1.79. The molecule has 0 bridgehead atoms. The lowest BCUT2D eigenvalue weighted by Gasteiger charge is -2.35. The van der Waals surface area contributed by atoms with Crippen molar-refractivity contribution in [2.45, 2.75) is 18.0 Å². The SMILES string of the molecule is N#CC1(C#N)[C@H](c2ccc(Br)cc2)[C@@H](C(=O)c2ccccc2)N2c3ccccc3C=C[C@H]21. The molecule has 0 aliphatic carbocycles. The van der Waals surface area contributed by atoms with Gasteiger partial charge in [-0.3, -0.25) is 4.79 Å². The number of carbonyl (C=O) groups excluding carboxylic acids is 1. The Kier molecular flexibility index (Phi) is 4.93. The van der Waals surface area contributed by atoms with E-state index in [0.717, 1.165) is 21.3 Å². The second kappa shape index (κ2) is 7.79. The molecule has 1 saturated heterocycles. The van der Waals surface area contributed by atoms with Crippen LogP contribution >= 0.6 is 15.9 Å². The van der Waals surface area contributed by atoms with Crippen molar-refractivity contribution in [2.24, 2.45) is 5.41 Å². The number of carbonyl (C=O) groups is 1. The molecule has 2 aliphatic heterocycles. The minimum absolute atomic E-state index is 0.0963. The van der Waals surface area contributed by atoms with Crippen molar-refractivity contribution < 1.29 is 4.79 Å². The minimum Gasteiger partial charge on any atom is -0.351 e. The van der Waals surface area contributed by atoms with Crippen LogP contribution in [0, 0.1) is 28.1 Å². The number of nitriles is 2. The largest absolute Gasteiger partial charge is 0.351 e. The number of fused-ring (bicyclic) bond motifs is 3. The number of nitrogens with zero attached hydrogens (tertiary/aromatic N) is 3. The molecule has 3 atom stereocenters. The van der Waals surface area contributed by atoms with Gasteiger partial charge in [0.2, 0.25) is 0 Å². The molecule has 0 radical (unpaired) electrons. The number of benzene rings is 3. The van der Waals surface area contributed by atoms with Crippen molar-refractivity contribution >= 4 is 33.5 Å². The van der Waals surface area contributed by atoms with E-state index in [4.69, 9.17) is 0 Å². The lowest BCUT2D eigenvalue weighted by Crippen LogP contribution is -2.44. The number of Topliss-reactive ketones (excluding diaryl/α,β-unsaturated/α-hetero) is 1. The number of rotatable bonds is 3. The Morgan fingerprint density at radius 2 is 1.56 bits per heavy atom. The number of hydrogen-bond acceptors (Lipinski definition) is 4. The summed E-state index contributed by atoms with van der Waals surface area (Å²) in [6, 6.07) is 27.9. The van der Waals surface area contributed by atoms with E-state index < -0.39 is 23.4 Å². The van der Waals surface area contributed by atoms with Gasteiger partial charge in [0, 0.05) is 21.6 Å². The number of hydrogen-bond donors (Lipinski definition) is 0. The van der Waals surface area contributed by atoms with E-state index >= 15 is 0 Å². The van der Waals surface area contributed by atoms with Crippen LogP contribution in [0.3, 0.4) is 0 Å². The molecule has 0 unspecified atom stereocenters.